The van der Waals surface area contributed by atoms with Crippen molar-refractivity contribution in [1.82, 2.24) is 9.80 Å². The third-order valence-corrected chi connectivity index (χ3v) is 6.46. The van der Waals surface area contributed by atoms with Gasteiger partial charge in [0.2, 0.25) is 5.91 Å². The zero-order chi connectivity index (χ0) is 27.1. The Morgan fingerprint density at radius 3 is 2.26 bits per heavy atom. The number of benzene rings is 3. The Labute approximate surface area is 222 Å². The second-order valence-electron chi connectivity index (χ2n) is 9.16. The minimum atomic E-state index is -0.488. The van der Waals surface area contributed by atoms with Crippen molar-refractivity contribution in [3.8, 4) is 0 Å². The van der Waals surface area contributed by atoms with E-state index in [4.69, 9.17) is 0 Å². The smallest absolute Gasteiger partial charge is 0.322 e. The van der Waals surface area contributed by atoms with E-state index in [0.717, 1.165) is 11.3 Å². The number of nitrogens with zero attached hydrogens (tertiary/aromatic N) is 3. The van der Waals surface area contributed by atoms with Crippen LogP contribution in [0.4, 0.5) is 26.2 Å². The second-order valence-corrected chi connectivity index (χ2v) is 9.16. The molecule has 8 nitrogen and oxygen atoms in total. The molecule has 198 valence electrons. The normalized spacial score (nSPS) is 13.1. The van der Waals surface area contributed by atoms with Crippen molar-refractivity contribution in [3.05, 3.63) is 89.7 Å². The Morgan fingerprint density at radius 2 is 1.58 bits per heavy atom. The predicted octanol–water partition coefficient (Wildman–Crippen LogP) is 4.80. The molecule has 0 bridgehead atoms. The molecule has 1 saturated heterocycles. The molecule has 0 aliphatic carbocycles. The van der Waals surface area contributed by atoms with E-state index in [1.165, 1.54) is 12.1 Å². The van der Waals surface area contributed by atoms with Gasteiger partial charge in [0, 0.05) is 57.6 Å². The molecule has 0 atom stereocenters. The number of piperazine rings is 1. The molecule has 3 aromatic carbocycles. The molecule has 0 saturated carbocycles. The maximum atomic E-state index is 14.0. The van der Waals surface area contributed by atoms with Gasteiger partial charge in [-0.1, -0.05) is 49.4 Å². The number of carbonyl (C=O) groups is 3. The number of halogens is 1. The number of urea groups is 1. The van der Waals surface area contributed by atoms with E-state index in [1.807, 2.05) is 36.4 Å². The number of para-hydroxylation sites is 1. The number of anilines is 3. The SMILES string of the molecule is CCC(=O)Nc1ccc(N2CCN(C(=O)Nc3ccccc3F)CC2)c(C(=O)N(C)Cc2ccccc2)c1. The maximum Gasteiger partial charge on any atom is 0.322 e. The summed E-state index contributed by atoms with van der Waals surface area (Å²) in [5.41, 5.74) is 2.91. The highest BCUT2D eigenvalue weighted by Gasteiger charge is 2.26. The van der Waals surface area contributed by atoms with E-state index >= 15 is 0 Å². The van der Waals surface area contributed by atoms with E-state index in [9.17, 15) is 18.8 Å². The van der Waals surface area contributed by atoms with Gasteiger partial charge in [0.1, 0.15) is 5.82 Å². The molecule has 1 aliphatic heterocycles. The lowest BCUT2D eigenvalue weighted by Crippen LogP contribution is -2.50. The van der Waals surface area contributed by atoms with Gasteiger partial charge in [0.25, 0.3) is 5.91 Å². The van der Waals surface area contributed by atoms with E-state index in [2.05, 4.69) is 15.5 Å². The summed E-state index contributed by atoms with van der Waals surface area (Å²) >= 11 is 0. The first-order chi connectivity index (χ1) is 18.4. The summed E-state index contributed by atoms with van der Waals surface area (Å²) in [6.07, 6.45) is 0.329. The summed E-state index contributed by atoms with van der Waals surface area (Å²) in [6.45, 7) is 4.01. The molecule has 4 amide bonds. The second kappa shape index (κ2) is 12.2. The van der Waals surface area contributed by atoms with Crippen molar-refractivity contribution in [2.75, 3.05) is 48.8 Å². The topological polar surface area (TPSA) is 85.0 Å². The molecule has 1 heterocycles. The van der Waals surface area contributed by atoms with Crippen LogP contribution >= 0.6 is 0 Å². The number of nitrogens with one attached hydrogen (secondary N) is 2. The number of carbonyl (C=O) groups excluding carboxylic acids is 3. The number of amides is 4. The summed E-state index contributed by atoms with van der Waals surface area (Å²) in [6, 6.07) is 20.7. The molecular formula is C29H32FN5O3. The number of hydrogen-bond donors (Lipinski definition) is 2. The Balaban J connectivity index is 1.50. The lowest BCUT2D eigenvalue weighted by Gasteiger charge is -2.37. The van der Waals surface area contributed by atoms with Gasteiger partial charge in [-0.2, -0.15) is 0 Å². The van der Waals surface area contributed by atoms with Crippen LogP contribution in [0.25, 0.3) is 0 Å². The van der Waals surface area contributed by atoms with Gasteiger partial charge < -0.3 is 25.3 Å². The first-order valence-corrected chi connectivity index (χ1v) is 12.6. The monoisotopic (exact) mass is 517 g/mol. The average molecular weight is 518 g/mol. The van der Waals surface area contributed by atoms with Gasteiger partial charge in [-0.25, -0.2) is 9.18 Å². The minimum absolute atomic E-state index is 0.136. The zero-order valence-corrected chi connectivity index (χ0v) is 21.6. The molecule has 9 heteroatoms. The summed E-state index contributed by atoms with van der Waals surface area (Å²) in [5.74, 6) is -0.794. The Hall–Kier alpha value is -4.40. The summed E-state index contributed by atoms with van der Waals surface area (Å²) in [5, 5.41) is 5.46. The van der Waals surface area contributed by atoms with E-state index in [0.29, 0.717) is 50.4 Å². The molecule has 1 aliphatic rings. The number of rotatable bonds is 7. The number of hydrogen-bond acceptors (Lipinski definition) is 4. The molecule has 0 aromatic heterocycles. The Bertz CT molecular complexity index is 1290. The van der Waals surface area contributed by atoms with Crippen LogP contribution in [-0.4, -0.2) is 60.9 Å². The van der Waals surface area contributed by atoms with E-state index < -0.39 is 5.82 Å². The largest absolute Gasteiger partial charge is 0.367 e. The molecule has 0 spiro atoms. The lowest BCUT2D eigenvalue weighted by atomic mass is 10.1. The van der Waals surface area contributed by atoms with Crippen LogP contribution in [0.5, 0.6) is 0 Å². The highest BCUT2D eigenvalue weighted by molar-refractivity contribution is 6.02. The molecule has 3 aromatic rings. The van der Waals surface area contributed by atoms with E-state index in [-0.39, 0.29) is 23.5 Å². The Morgan fingerprint density at radius 1 is 0.895 bits per heavy atom. The fourth-order valence-electron chi connectivity index (χ4n) is 4.35. The van der Waals surface area contributed by atoms with Crippen molar-refractivity contribution < 1.29 is 18.8 Å². The lowest BCUT2D eigenvalue weighted by molar-refractivity contribution is -0.115. The fraction of sp³-hybridized carbons (Fsp3) is 0.276. The van der Waals surface area contributed by atoms with Crippen molar-refractivity contribution >= 4 is 34.9 Å². The van der Waals surface area contributed by atoms with Crippen LogP contribution in [0.2, 0.25) is 0 Å². The summed E-state index contributed by atoms with van der Waals surface area (Å²) in [4.78, 5) is 43.6. The van der Waals surface area contributed by atoms with Crippen molar-refractivity contribution in [3.63, 3.8) is 0 Å². The molecule has 38 heavy (non-hydrogen) atoms. The Kier molecular flexibility index (Phi) is 8.58. The first kappa shape index (κ1) is 26.7. The molecule has 0 radical (unpaired) electrons. The van der Waals surface area contributed by atoms with Crippen LogP contribution in [0, 0.1) is 5.82 Å². The first-order valence-electron chi connectivity index (χ1n) is 12.6. The summed E-state index contributed by atoms with van der Waals surface area (Å²) < 4.78 is 14.0. The van der Waals surface area contributed by atoms with E-state index in [1.54, 1.807) is 48.0 Å². The molecule has 2 N–H and O–H groups in total. The van der Waals surface area contributed by atoms with Gasteiger partial charge in [0.15, 0.2) is 0 Å². The van der Waals surface area contributed by atoms with Gasteiger partial charge in [-0.3, -0.25) is 9.59 Å². The summed E-state index contributed by atoms with van der Waals surface area (Å²) in [7, 11) is 1.75. The van der Waals surface area contributed by atoms with Gasteiger partial charge in [0.05, 0.1) is 11.3 Å². The van der Waals surface area contributed by atoms with Gasteiger partial charge in [-0.15, -0.1) is 0 Å². The molecule has 1 fully saturated rings. The highest BCUT2D eigenvalue weighted by atomic mass is 19.1. The third-order valence-electron chi connectivity index (χ3n) is 6.46. The van der Waals surface area contributed by atoms with Gasteiger partial charge in [-0.05, 0) is 35.9 Å². The van der Waals surface area contributed by atoms with Crippen LogP contribution in [-0.2, 0) is 11.3 Å². The molecule has 4 rings (SSSR count). The zero-order valence-electron chi connectivity index (χ0n) is 21.6. The average Bonchev–Trinajstić information content (AvgIpc) is 2.94. The standard InChI is InChI=1S/C29H32FN5O3/c1-3-27(36)31-22-13-14-26(23(19-22)28(37)33(2)20-21-9-5-4-6-10-21)34-15-17-35(18-16-34)29(38)32-25-12-8-7-11-24(25)30/h4-14,19H,3,15-18,20H2,1-2H3,(H,31,36)(H,32,38). The van der Waals surface area contributed by atoms with Crippen LogP contribution in [0.1, 0.15) is 29.3 Å². The molecule has 0 unspecified atom stereocenters. The van der Waals surface area contributed by atoms with Crippen LogP contribution < -0.4 is 15.5 Å². The highest BCUT2D eigenvalue weighted by Crippen LogP contribution is 2.28. The van der Waals surface area contributed by atoms with Crippen molar-refractivity contribution in [1.29, 1.82) is 0 Å². The minimum Gasteiger partial charge on any atom is -0.367 e. The predicted molar refractivity (Wildman–Crippen MR) is 147 cm³/mol. The van der Waals surface area contributed by atoms with Crippen molar-refractivity contribution in [2.24, 2.45) is 0 Å². The quantitative estimate of drug-likeness (QED) is 0.472. The fourth-order valence-corrected chi connectivity index (χ4v) is 4.35. The van der Waals surface area contributed by atoms with Crippen molar-refractivity contribution in [2.45, 2.75) is 19.9 Å². The van der Waals surface area contributed by atoms with Crippen LogP contribution in [0.15, 0.2) is 72.8 Å². The van der Waals surface area contributed by atoms with Gasteiger partial charge >= 0.3 is 6.03 Å². The molecular weight excluding hydrogens is 485 g/mol. The third kappa shape index (κ3) is 6.47. The maximum absolute atomic E-state index is 14.0. The van der Waals surface area contributed by atoms with Crippen LogP contribution in [0.3, 0.4) is 0 Å².